The fraction of sp³-hybridized carbons (Fsp3) is 0.609. The molecule has 4 amide bonds. The minimum atomic E-state index is -0.823. The van der Waals surface area contributed by atoms with Crippen molar-refractivity contribution in [2.24, 2.45) is 5.92 Å². The van der Waals surface area contributed by atoms with Gasteiger partial charge >= 0.3 is 6.03 Å². The van der Waals surface area contributed by atoms with Gasteiger partial charge in [-0.25, -0.2) is 4.79 Å². The number of carbonyl (C=O) groups excluding carboxylic acids is 3. The molecule has 8 nitrogen and oxygen atoms in total. The summed E-state index contributed by atoms with van der Waals surface area (Å²) in [5, 5.41) is 2.89. The molecule has 2 saturated heterocycles. The van der Waals surface area contributed by atoms with Gasteiger partial charge in [-0.15, -0.1) is 0 Å². The van der Waals surface area contributed by atoms with Crippen molar-refractivity contribution in [3.63, 3.8) is 0 Å². The average Bonchev–Trinajstić information content (AvgIpc) is 3.51. The maximum atomic E-state index is 13.2. The van der Waals surface area contributed by atoms with Crippen molar-refractivity contribution in [2.45, 2.75) is 57.0 Å². The highest BCUT2D eigenvalue weighted by atomic mass is 16.5. The summed E-state index contributed by atoms with van der Waals surface area (Å²) in [5.41, 5.74) is 0.170. The number of rotatable bonds is 5. The Labute approximate surface area is 181 Å². The molecule has 1 N–H and O–H groups in total. The Hall–Kier alpha value is -2.77. The van der Waals surface area contributed by atoms with Crippen molar-refractivity contribution in [3.05, 3.63) is 23.8 Å². The molecule has 5 rings (SSSR count). The van der Waals surface area contributed by atoms with Crippen molar-refractivity contribution in [1.82, 2.24) is 15.1 Å². The summed E-state index contributed by atoms with van der Waals surface area (Å²) in [7, 11) is 0. The number of hydrogen-bond acceptors (Lipinski definition) is 5. The topological polar surface area (TPSA) is 88.2 Å². The third-order valence-electron chi connectivity index (χ3n) is 7.06. The van der Waals surface area contributed by atoms with Gasteiger partial charge in [0.2, 0.25) is 5.91 Å². The van der Waals surface area contributed by atoms with E-state index in [9.17, 15) is 14.4 Å². The van der Waals surface area contributed by atoms with Gasteiger partial charge in [0.1, 0.15) is 12.1 Å². The van der Waals surface area contributed by atoms with Crippen molar-refractivity contribution >= 4 is 17.8 Å². The van der Waals surface area contributed by atoms with Crippen LogP contribution in [0.2, 0.25) is 0 Å². The van der Waals surface area contributed by atoms with Gasteiger partial charge < -0.3 is 19.7 Å². The summed E-state index contributed by atoms with van der Waals surface area (Å²) in [5.74, 6) is 1.19. The predicted molar refractivity (Wildman–Crippen MR) is 112 cm³/mol. The van der Waals surface area contributed by atoms with Crippen LogP contribution in [0.25, 0.3) is 0 Å². The third-order valence-corrected chi connectivity index (χ3v) is 7.06. The maximum Gasteiger partial charge on any atom is 0.325 e. The second-order valence-corrected chi connectivity index (χ2v) is 8.92. The van der Waals surface area contributed by atoms with E-state index < -0.39 is 11.6 Å². The van der Waals surface area contributed by atoms with E-state index >= 15 is 0 Å². The molecule has 0 spiro atoms. The van der Waals surface area contributed by atoms with Gasteiger partial charge in [0.25, 0.3) is 5.91 Å². The molecule has 4 aliphatic rings. The number of nitrogens with zero attached hydrogens (tertiary/aromatic N) is 2. The van der Waals surface area contributed by atoms with E-state index in [1.165, 1.54) is 0 Å². The molecule has 0 bridgehead atoms. The van der Waals surface area contributed by atoms with E-state index in [4.69, 9.17) is 9.47 Å². The van der Waals surface area contributed by atoms with Gasteiger partial charge in [0.05, 0.1) is 19.3 Å². The number of imide groups is 1. The first-order valence-electron chi connectivity index (χ1n) is 11.4. The maximum absolute atomic E-state index is 13.2. The number of urea groups is 1. The number of fused-ring (bicyclic) bond motifs is 1. The van der Waals surface area contributed by atoms with Crippen LogP contribution in [0.4, 0.5) is 4.79 Å². The van der Waals surface area contributed by atoms with Crippen LogP contribution in [0.5, 0.6) is 11.5 Å². The van der Waals surface area contributed by atoms with Crippen molar-refractivity contribution in [1.29, 1.82) is 0 Å². The summed E-state index contributed by atoms with van der Waals surface area (Å²) in [6, 6.07) is 5.30. The molecule has 3 aliphatic heterocycles. The standard InChI is InChI=1S/C23H29N3O5/c1-2-23(16-7-8-16)21(28)26(22(29)24-23)14-20(27)25-10-3-5-17(25)15-6-9-18-19(13-15)31-12-4-11-30-18/h6,9,13,16-17H,2-5,7-8,10-12,14H2,1H3,(H,24,29)/t17-,23-/m1/s1. The van der Waals surface area contributed by atoms with Crippen molar-refractivity contribution in [2.75, 3.05) is 26.3 Å². The Balaban J connectivity index is 1.32. The van der Waals surface area contributed by atoms with Crippen LogP contribution in [-0.4, -0.2) is 59.5 Å². The molecule has 8 heteroatoms. The molecule has 0 radical (unpaired) electrons. The zero-order chi connectivity index (χ0) is 21.6. The van der Waals surface area contributed by atoms with E-state index in [1.807, 2.05) is 25.1 Å². The van der Waals surface area contributed by atoms with Crippen molar-refractivity contribution < 1.29 is 23.9 Å². The summed E-state index contributed by atoms with van der Waals surface area (Å²) < 4.78 is 11.5. The highest BCUT2D eigenvalue weighted by Crippen LogP contribution is 2.45. The number of ether oxygens (including phenoxy) is 2. The van der Waals surface area contributed by atoms with Gasteiger partial charge in [-0.1, -0.05) is 13.0 Å². The lowest BCUT2D eigenvalue weighted by Crippen LogP contribution is -2.49. The number of amides is 4. The lowest BCUT2D eigenvalue weighted by Gasteiger charge is -2.28. The smallest absolute Gasteiger partial charge is 0.325 e. The predicted octanol–water partition coefficient (Wildman–Crippen LogP) is 2.62. The molecule has 1 aromatic rings. The molecule has 3 heterocycles. The number of nitrogens with one attached hydrogen (secondary N) is 1. The molecule has 1 aliphatic carbocycles. The Morgan fingerprint density at radius 3 is 2.65 bits per heavy atom. The Morgan fingerprint density at radius 2 is 1.90 bits per heavy atom. The van der Waals surface area contributed by atoms with Crippen molar-refractivity contribution in [3.8, 4) is 11.5 Å². The molecule has 166 valence electrons. The Kier molecular flexibility index (Phi) is 5.02. The van der Waals surface area contributed by atoms with E-state index in [-0.39, 0.29) is 30.3 Å². The first-order chi connectivity index (χ1) is 15.0. The van der Waals surface area contributed by atoms with Gasteiger partial charge in [-0.3, -0.25) is 14.5 Å². The number of carbonyl (C=O) groups is 3. The summed E-state index contributed by atoms with van der Waals surface area (Å²) in [6.45, 7) is 3.56. The molecular formula is C23H29N3O5. The van der Waals surface area contributed by atoms with Crippen LogP contribution in [-0.2, 0) is 9.59 Å². The highest BCUT2D eigenvalue weighted by Gasteiger charge is 2.58. The largest absolute Gasteiger partial charge is 0.490 e. The fourth-order valence-electron chi connectivity index (χ4n) is 5.19. The average molecular weight is 428 g/mol. The van der Waals surface area contributed by atoms with Gasteiger partial charge in [-0.05, 0) is 55.7 Å². The van der Waals surface area contributed by atoms with Crippen LogP contribution in [0.3, 0.4) is 0 Å². The SMILES string of the molecule is CC[C@]1(C2CC2)NC(=O)N(CC(=O)N2CCC[C@@H]2c2ccc3c(c2)OCCCO3)C1=O. The quantitative estimate of drug-likeness (QED) is 0.730. The number of hydrogen-bond donors (Lipinski definition) is 1. The molecular weight excluding hydrogens is 398 g/mol. The van der Waals surface area contributed by atoms with Crippen LogP contribution in [0, 0.1) is 5.92 Å². The Bertz CT molecular complexity index is 914. The fourth-order valence-corrected chi connectivity index (χ4v) is 5.19. The number of likely N-dealkylation sites (tertiary alicyclic amines) is 1. The zero-order valence-corrected chi connectivity index (χ0v) is 17.9. The molecule has 2 atom stereocenters. The van der Waals surface area contributed by atoms with Crippen LogP contribution < -0.4 is 14.8 Å². The third kappa shape index (κ3) is 3.42. The summed E-state index contributed by atoms with van der Waals surface area (Å²) in [6.07, 6.45) is 5.00. The lowest BCUT2D eigenvalue weighted by molar-refractivity contribution is -0.140. The minimum absolute atomic E-state index is 0.0928. The molecule has 1 aromatic carbocycles. The Morgan fingerprint density at radius 1 is 1.13 bits per heavy atom. The van der Waals surface area contributed by atoms with E-state index in [2.05, 4.69) is 5.32 Å². The van der Waals surface area contributed by atoms with Crippen LogP contribution >= 0.6 is 0 Å². The summed E-state index contributed by atoms with van der Waals surface area (Å²) in [4.78, 5) is 41.8. The molecule has 31 heavy (non-hydrogen) atoms. The van der Waals surface area contributed by atoms with E-state index in [1.54, 1.807) is 4.90 Å². The van der Waals surface area contributed by atoms with Gasteiger partial charge in [0, 0.05) is 13.0 Å². The monoisotopic (exact) mass is 427 g/mol. The minimum Gasteiger partial charge on any atom is -0.490 e. The molecule has 1 saturated carbocycles. The number of benzene rings is 1. The molecule has 0 aromatic heterocycles. The molecule has 3 fully saturated rings. The second-order valence-electron chi connectivity index (χ2n) is 8.92. The first kappa shape index (κ1) is 20.2. The first-order valence-corrected chi connectivity index (χ1v) is 11.4. The molecule has 0 unspecified atom stereocenters. The van der Waals surface area contributed by atoms with Crippen LogP contribution in [0.15, 0.2) is 18.2 Å². The van der Waals surface area contributed by atoms with E-state index in [0.29, 0.717) is 31.9 Å². The summed E-state index contributed by atoms with van der Waals surface area (Å²) >= 11 is 0. The second kappa shape index (κ2) is 7.73. The van der Waals surface area contributed by atoms with Gasteiger partial charge in [0.15, 0.2) is 11.5 Å². The van der Waals surface area contributed by atoms with Crippen LogP contribution in [0.1, 0.15) is 57.1 Å². The van der Waals surface area contributed by atoms with Gasteiger partial charge in [-0.2, -0.15) is 0 Å². The zero-order valence-electron chi connectivity index (χ0n) is 17.9. The normalized spacial score (nSPS) is 28.0. The highest BCUT2D eigenvalue weighted by molar-refractivity contribution is 6.09. The van der Waals surface area contributed by atoms with E-state index in [0.717, 1.165) is 48.3 Å². The lowest BCUT2D eigenvalue weighted by atomic mass is 9.90.